The molecule has 0 spiro atoms. The van der Waals surface area contributed by atoms with E-state index in [9.17, 15) is 8.60 Å². The Morgan fingerprint density at radius 1 is 1.32 bits per heavy atom. The molecule has 1 aromatic carbocycles. The summed E-state index contributed by atoms with van der Waals surface area (Å²) in [7, 11) is -1.29. The molecule has 4 nitrogen and oxygen atoms in total. The van der Waals surface area contributed by atoms with E-state index in [-0.39, 0.29) is 5.82 Å². The smallest absolute Gasteiger partial charge is 0.277 e. The molecule has 1 aliphatic rings. The summed E-state index contributed by atoms with van der Waals surface area (Å²) < 4.78 is 40.0. The molecular formula is C16H20FNO3S. The summed E-state index contributed by atoms with van der Waals surface area (Å²) >= 11 is 0. The van der Waals surface area contributed by atoms with Crippen LogP contribution in [0.15, 0.2) is 41.2 Å². The van der Waals surface area contributed by atoms with Gasteiger partial charge in [-0.15, -0.1) is 0 Å². The van der Waals surface area contributed by atoms with Crippen LogP contribution in [0.5, 0.6) is 0 Å². The molecular weight excluding hydrogens is 305 g/mol. The van der Waals surface area contributed by atoms with Gasteiger partial charge < -0.3 is 9.47 Å². The van der Waals surface area contributed by atoms with Gasteiger partial charge in [-0.3, -0.25) is 0 Å². The minimum atomic E-state index is -1.29. The Balaban J connectivity index is 2.05. The van der Waals surface area contributed by atoms with Gasteiger partial charge in [0.1, 0.15) is 29.3 Å². The van der Waals surface area contributed by atoms with Crippen LogP contribution < -0.4 is 0 Å². The Labute approximate surface area is 132 Å². The number of benzene rings is 1. The van der Waals surface area contributed by atoms with E-state index in [2.05, 4.69) is 4.40 Å². The average molecular weight is 325 g/mol. The second kappa shape index (κ2) is 6.60. The quantitative estimate of drug-likeness (QED) is 0.774. The second-order valence-corrected chi connectivity index (χ2v) is 7.89. The number of hydrogen-bond donors (Lipinski definition) is 0. The van der Waals surface area contributed by atoms with Crippen molar-refractivity contribution >= 4 is 17.2 Å². The first kappa shape index (κ1) is 16.7. The predicted octanol–water partition coefficient (Wildman–Crippen LogP) is 3.81. The lowest BCUT2D eigenvalue weighted by molar-refractivity contribution is -0.153. The standard InChI is InChI=1S/C16H20FNO3S/c1-15(2,3)22(19)18-9-5-8-16(20-10-11-21-16)13-6-4-7-14(17)12-13/h4,6-7,9-12H,5,8H2,1-3H3/t22-/m0/s1. The summed E-state index contributed by atoms with van der Waals surface area (Å²) in [6.07, 6.45) is 5.42. The number of halogens is 1. The predicted molar refractivity (Wildman–Crippen MR) is 85.0 cm³/mol. The molecule has 0 bridgehead atoms. The highest BCUT2D eigenvalue weighted by molar-refractivity contribution is 7.85. The molecule has 0 saturated heterocycles. The first-order valence-electron chi connectivity index (χ1n) is 7.05. The van der Waals surface area contributed by atoms with Gasteiger partial charge in [0.25, 0.3) is 5.79 Å². The maximum absolute atomic E-state index is 13.4. The lowest BCUT2D eigenvalue weighted by Gasteiger charge is -2.27. The molecule has 0 radical (unpaired) electrons. The molecule has 0 amide bonds. The third kappa shape index (κ3) is 3.94. The van der Waals surface area contributed by atoms with E-state index >= 15 is 0 Å². The SMILES string of the molecule is CC(C)(C)[S@](=O)N=CCCC1(c2cccc(F)c2)OC=CO1. The molecule has 0 saturated carbocycles. The van der Waals surface area contributed by atoms with Crippen molar-refractivity contribution < 1.29 is 18.1 Å². The third-order valence-electron chi connectivity index (χ3n) is 3.13. The van der Waals surface area contributed by atoms with E-state index in [0.717, 1.165) is 0 Å². The summed E-state index contributed by atoms with van der Waals surface area (Å²) in [5, 5.41) is 0. The maximum atomic E-state index is 13.4. The van der Waals surface area contributed by atoms with Crippen LogP contribution in [0.3, 0.4) is 0 Å². The van der Waals surface area contributed by atoms with Crippen LogP contribution in [0, 0.1) is 5.82 Å². The monoisotopic (exact) mass is 325 g/mol. The normalized spacial score (nSPS) is 18.2. The van der Waals surface area contributed by atoms with Gasteiger partial charge in [-0.1, -0.05) is 12.1 Å². The summed E-state index contributed by atoms with van der Waals surface area (Å²) in [5.74, 6) is -1.39. The summed E-state index contributed by atoms with van der Waals surface area (Å²) in [4.78, 5) is 0. The zero-order valence-electron chi connectivity index (χ0n) is 12.9. The molecule has 0 aromatic heterocycles. The fourth-order valence-corrected chi connectivity index (χ4v) is 2.52. The molecule has 1 heterocycles. The molecule has 1 aromatic rings. The largest absolute Gasteiger partial charge is 0.453 e. The zero-order valence-corrected chi connectivity index (χ0v) is 13.7. The minimum Gasteiger partial charge on any atom is -0.453 e. The van der Waals surface area contributed by atoms with Crippen LogP contribution in [-0.4, -0.2) is 15.2 Å². The summed E-state index contributed by atoms with van der Waals surface area (Å²) in [6, 6.07) is 6.12. The van der Waals surface area contributed by atoms with Crippen LogP contribution in [0.1, 0.15) is 39.2 Å². The van der Waals surface area contributed by atoms with Gasteiger partial charge in [0.15, 0.2) is 0 Å². The van der Waals surface area contributed by atoms with Crippen LogP contribution in [0.4, 0.5) is 4.39 Å². The van der Waals surface area contributed by atoms with Crippen LogP contribution in [0.2, 0.25) is 0 Å². The van der Waals surface area contributed by atoms with Gasteiger partial charge in [-0.2, -0.15) is 4.40 Å². The Bertz CT molecular complexity index is 600. The van der Waals surface area contributed by atoms with Crippen molar-refractivity contribution in [3.63, 3.8) is 0 Å². The lowest BCUT2D eigenvalue weighted by Crippen LogP contribution is -2.27. The van der Waals surface area contributed by atoms with Crippen molar-refractivity contribution in [2.45, 2.75) is 44.1 Å². The molecule has 0 N–H and O–H groups in total. The van der Waals surface area contributed by atoms with E-state index in [0.29, 0.717) is 18.4 Å². The number of ether oxygens (including phenoxy) is 2. The van der Waals surface area contributed by atoms with Crippen molar-refractivity contribution in [1.82, 2.24) is 0 Å². The van der Waals surface area contributed by atoms with E-state index in [1.54, 1.807) is 18.3 Å². The van der Waals surface area contributed by atoms with Gasteiger partial charge in [0.2, 0.25) is 0 Å². The van der Waals surface area contributed by atoms with Crippen LogP contribution in [0.25, 0.3) is 0 Å². The highest BCUT2D eigenvalue weighted by atomic mass is 32.2. The molecule has 6 heteroatoms. The fourth-order valence-electron chi connectivity index (χ4n) is 1.96. The van der Waals surface area contributed by atoms with Crippen molar-refractivity contribution in [2.75, 3.05) is 0 Å². The second-order valence-electron chi connectivity index (χ2n) is 5.96. The third-order valence-corrected chi connectivity index (χ3v) is 4.52. The van der Waals surface area contributed by atoms with Gasteiger partial charge in [0, 0.05) is 18.2 Å². The zero-order chi connectivity index (χ0) is 16.2. The summed E-state index contributed by atoms with van der Waals surface area (Å²) in [6.45, 7) is 5.59. The molecule has 0 fully saturated rings. The van der Waals surface area contributed by atoms with Crippen LogP contribution >= 0.6 is 0 Å². The van der Waals surface area contributed by atoms with Gasteiger partial charge in [0.05, 0.1) is 4.75 Å². The van der Waals surface area contributed by atoms with E-state index in [1.165, 1.54) is 24.7 Å². The molecule has 0 unspecified atom stereocenters. The highest BCUT2D eigenvalue weighted by Crippen LogP contribution is 2.36. The van der Waals surface area contributed by atoms with Crippen LogP contribution in [-0.2, 0) is 26.2 Å². The van der Waals surface area contributed by atoms with Gasteiger partial charge in [-0.05, 0) is 39.3 Å². The van der Waals surface area contributed by atoms with E-state index in [4.69, 9.17) is 9.47 Å². The Hall–Kier alpha value is -1.69. The van der Waals surface area contributed by atoms with Gasteiger partial charge >= 0.3 is 0 Å². The first-order valence-corrected chi connectivity index (χ1v) is 8.15. The number of rotatable bonds is 5. The molecule has 22 heavy (non-hydrogen) atoms. The first-order chi connectivity index (χ1) is 10.3. The summed E-state index contributed by atoms with van der Waals surface area (Å²) in [5.41, 5.74) is 0.600. The highest BCUT2D eigenvalue weighted by Gasteiger charge is 2.37. The Morgan fingerprint density at radius 2 is 2.00 bits per heavy atom. The molecule has 0 aliphatic carbocycles. The Morgan fingerprint density at radius 3 is 2.59 bits per heavy atom. The molecule has 2 rings (SSSR count). The van der Waals surface area contributed by atoms with Crippen molar-refractivity contribution in [3.05, 3.63) is 48.2 Å². The lowest BCUT2D eigenvalue weighted by atomic mass is 10.0. The molecule has 1 atom stereocenters. The van der Waals surface area contributed by atoms with E-state index in [1.807, 2.05) is 20.8 Å². The number of nitrogens with zero attached hydrogens (tertiary/aromatic N) is 1. The van der Waals surface area contributed by atoms with Crippen molar-refractivity contribution in [3.8, 4) is 0 Å². The topological polar surface area (TPSA) is 47.9 Å². The van der Waals surface area contributed by atoms with E-state index < -0.39 is 21.5 Å². The minimum absolute atomic E-state index is 0.349. The average Bonchev–Trinajstić information content (AvgIpc) is 2.92. The molecule has 1 aliphatic heterocycles. The van der Waals surface area contributed by atoms with Crippen molar-refractivity contribution in [2.24, 2.45) is 4.40 Å². The number of hydrogen-bond acceptors (Lipinski definition) is 3. The maximum Gasteiger partial charge on any atom is 0.277 e. The molecule has 120 valence electrons. The Kier molecular flexibility index (Phi) is 5.01. The van der Waals surface area contributed by atoms with Crippen molar-refractivity contribution in [1.29, 1.82) is 0 Å². The fraction of sp³-hybridized carbons (Fsp3) is 0.438. The van der Waals surface area contributed by atoms with Gasteiger partial charge in [-0.25, -0.2) is 8.60 Å².